The second-order valence-electron chi connectivity index (χ2n) is 9.47. The van der Waals surface area contributed by atoms with Crippen molar-refractivity contribution in [3.8, 4) is 5.75 Å². The molecule has 38 heavy (non-hydrogen) atoms. The number of amides is 4. The lowest BCUT2D eigenvalue weighted by Crippen LogP contribution is -2.50. The maximum atomic E-state index is 13.0. The molecule has 0 spiro atoms. The Bertz CT molecular complexity index is 1100. The van der Waals surface area contributed by atoms with E-state index >= 15 is 0 Å². The molecular weight excluding hydrogens is 492 g/mol. The van der Waals surface area contributed by atoms with Crippen molar-refractivity contribution in [3.63, 3.8) is 0 Å². The molecule has 0 radical (unpaired) electrons. The Morgan fingerprint density at radius 1 is 1.18 bits per heavy atom. The van der Waals surface area contributed by atoms with Gasteiger partial charge in [-0.15, -0.1) is 0 Å². The second-order valence-corrected chi connectivity index (χ2v) is 9.47. The Hall–Kier alpha value is -3.93. The van der Waals surface area contributed by atoms with Gasteiger partial charge in [0.05, 0.1) is 19.4 Å². The van der Waals surface area contributed by atoms with Gasteiger partial charge in [0, 0.05) is 44.1 Å². The van der Waals surface area contributed by atoms with E-state index in [0.717, 1.165) is 0 Å². The van der Waals surface area contributed by atoms with E-state index in [1.807, 2.05) is 0 Å². The molecule has 12 nitrogen and oxygen atoms in total. The van der Waals surface area contributed by atoms with Gasteiger partial charge in [0.25, 0.3) is 11.8 Å². The minimum Gasteiger partial charge on any atom is -0.492 e. The SMILES string of the molecule is COC(C)(C)C(=O)N1CCCCNC(=O)[C@H](Cc2cnc[nH]2)NC(=O)c2cccc(c2)OCCNC(=O)C1. The molecule has 2 aromatic rings. The van der Waals surface area contributed by atoms with Crippen molar-refractivity contribution < 1.29 is 28.7 Å². The van der Waals surface area contributed by atoms with Crippen LogP contribution in [0, 0.1) is 0 Å². The highest BCUT2D eigenvalue weighted by molar-refractivity contribution is 5.98. The molecule has 4 amide bonds. The quantitative estimate of drug-likeness (QED) is 0.448. The van der Waals surface area contributed by atoms with Crippen LogP contribution < -0.4 is 20.7 Å². The highest BCUT2D eigenvalue weighted by atomic mass is 16.5. The number of aromatic amines is 1. The van der Waals surface area contributed by atoms with Crippen molar-refractivity contribution in [1.29, 1.82) is 0 Å². The number of carbonyl (C=O) groups excluding carboxylic acids is 4. The summed E-state index contributed by atoms with van der Waals surface area (Å²) >= 11 is 0. The first kappa shape index (κ1) is 28.6. The summed E-state index contributed by atoms with van der Waals surface area (Å²) in [6, 6.07) is 5.74. The molecule has 2 heterocycles. The molecule has 1 aliphatic heterocycles. The number of nitrogens with zero attached hydrogens (tertiary/aromatic N) is 2. The van der Waals surface area contributed by atoms with Crippen LogP contribution in [0.1, 0.15) is 42.7 Å². The van der Waals surface area contributed by atoms with Gasteiger partial charge in [0.15, 0.2) is 0 Å². The average molecular weight is 529 g/mol. The summed E-state index contributed by atoms with van der Waals surface area (Å²) < 4.78 is 11.0. The van der Waals surface area contributed by atoms with E-state index in [1.54, 1.807) is 44.3 Å². The van der Waals surface area contributed by atoms with Gasteiger partial charge in [-0.25, -0.2) is 4.98 Å². The Kier molecular flexibility index (Phi) is 10.2. The molecule has 4 N–H and O–H groups in total. The largest absolute Gasteiger partial charge is 0.492 e. The second kappa shape index (κ2) is 13.6. The molecule has 3 rings (SSSR count). The van der Waals surface area contributed by atoms with Crippen molar-refractivity contribution in [2.24, 2.45) is 0 Å². The van der Waals surface area contributed by atoms with Crippen molar-refractivity contribution >= 4 is 23.6 Å². The van der Waals surface area contributed by atoms with E-state index in [4.69, 9.17) is 9.47 Å². The maximum Gasteiger partial charge on any atom is 0.254 e. The molecule has 0 saturated carbocycles. The summed E-state index contributed by atoms with van der Waals surface area (Å²) in [5.41, 5.74) is -0.0505. The summed E-state index contributed by atoms with van der Waals surface area (Å²) in [5.74, 6) is -0.948. The van der Waals surface area contributed by atoms with E-state index in [2.05, 4.69) is 25.9 Å². The average Bonchev–Trinajstić information content (AvgIpc) is 3.42. The fourth-order valence-electron chi connectivity index (χ4n) is 3.87. The molecule has 1 atom stereocenters. The van der Waals surface area contributed by atoms with Crippen LogP contribution in [0.4, 0.5) is 0 Å². The number of hydrogen-bond donors (Lipinski definition) is 4. The first-order chi connectivity index (χ1) is 18.2. The number of hydrogen-bond acceptors (Lipinski definition) is 7. The van der Waals surface area contributed by atoms with Gasteiger partial charge in [-0.2, -0.15) is 0 Å². The third-order valence-corrected chi connectivity index (χ3v) is 6.19. The Labute approximate surface area is 221 Å². The lowest BCUT2D eigenvalue weighted by atomic mass is 10.1. The summed E-state index contributed by atoms with van der Waals surface area (Å²) in [7, 11) is 1.45. The van der Waals surface area contributed by atoms with E-state index < -0.39 is 17.6 Å². The number of methoxy groups -OCH3 is 1. The first-order valence-electron chi connectivity index (χ1n) is 12.6. The fraction of sp³-hybridized carbons (Fsp3) is 0.500. The van der Waals surface area contributed by atoms with Crippen molar-refractivity contribution in [1.82, 2.24) is 30.8 Å². The van der Waals surface area contributed by atoms with Gasteiger partial charge in [0.1, 0.15) is 24.0 Å². The van der Waals surface area contributed by atoms with Crippen LogP contribution in [0.3, 0.4) is 0 Å². The molecule has 0 unspecified atom stereocenters. The number of benzene rings is 1. The molecule has 1 aliphatic rings. The normalized spacial score (nSPS) is 18.7. The highest BCUT2D eigenvalue weighted by Gasteiger charge is 2.32. The molecule has 0 saturated heterocycles. The number of fused-ring (bicyclic) bond motifs is 2. The van der Waals surface area contributed by atoms with E-state index in [1.165, 1.54) is 18.3 Å². The number of aromatic nitrogens is 2. The summed E-state index contributed by atoms with van der Waals surface area (Å²) in [6.45, 7) is 4.20. The fourth-order valence-corrected chi connectivity index (χ4v) is 3.87. The maximum absolute atomic E-state index is 13.0. The minimum atomic E-state index is -1.09. The van der Waals surface area contributed by atoms with E-state index in [9.17, 15) is 19.2 Å². The zero-order valence-electron chi connectivity index (χ0n) is 22.0. The van der Waals surface area contributed by atoms with E-state index in [0.29, 0.717) is 42.9 Å². The van der Waals surface area contributed by atoms with Crippen LogP contribution in [0.2, 0.25) is 0 Å². The van der Waals surface area contributed by atoms with E-state index in [-0.39, 0.29) is 43.8 Å². The third-order valence-electron chi connectivity index (χ3n) is 6.19. The number of H-pyrrole nitrogens is 1. The first-order valence-corrected chi connectivity index (χ1v) is 12.6. The molecule has 12 heteroatoms. The highest BCUT2D eigenvalue weighted by Crippen LogP contribution is 2.15. The molecule has 0 aliphatic carbocycles. The Balaban J connectivity index is 1.76. The van der Waals surface area contributed by atoms with Crippen LogP contribution in [0.25, 0.3) is 0 Å². The molecular formula is C26H36N6O6. The molecule has 1 aromatic heterocycles. The predicted molar refractivity (Wildman–Crippen MR) is 138 cm³/mol. The van der Waals surface area contributed by atoms with Gasteiger partial charge >= 0.3 is 0 Å². The number of imidazole rings is 1. The lowest BCUT2D eigenvalue weighted by Gasteiger charge is -2.30. The van der Waals surface area contributed by atoms with Crippen molar-refractivity contribution in [2.75, 3.05) is 39.9 Å². The lowest BCUT2D eigenvalue weighted by molar-refractivity contribution is -0.153. The predicted octanol–water partition coefficient (Wildman–Crippen LogP) is 0.409. The number of ether oxygens (including phenoxy) is 2. The van der Waals surface area contributed by atoms with Crippen LogP contribution in [-0.2, 0) is 25.5 Å². The number of carbonyl (C=O) groups is 4. The van der Waals surface area contributed by atoms with Crippen LogP contribution in [-0.4, -0.2) is 90.0 Å². The standard InChI is InChI=1S/C26H36N6O6/c1-26(2,37-3)25(36)32-11-5-4-9-29-24(35)21(14-19-15-27-17-30-19)31-23(34)18-7-6-8-20(13-18)38-12-10-28-22(33)16-32/h6-8,13,15,17,21H,4-5,9-12,14,16H2,1-3H3,(H,27,30)(H,28,33)(H,29,35)(H,31,34)/t21-/m0/s1. The third kappa shape index (κ3) is 8.30. The molecule has 0 fully saturated rings. The topological polar surface area (TPSA) is 155 Å². The van der Waals surface area contributed by atoms with Crippen LogP contribution in [0.5, 0.6) is 5.75 Å². The molecule has 1 aromatic carbocycles. The van der Waals surface area contributed by atoms with Gasteiger partial charge in [-0.3, -0.25) is 19.2 Å². The summed E-state index contributed by atoms with van der Waals surface area (Å²) in [6.07, 6.45) is 4.45. The number of nitrogens with one attached hydrogen (secondary N) is 4. The smallest absolute Gasteiger partial charge is 0.254 e. The van der Waals surface area contributed by atoms with Gasteiger partial charge < -0.3 is 35.3 Å². The zero-order chi connectivity index (χ0) is 27.5. The number of rotatable bonds is 4. The van der Waals surface area contributed by atoms with Crippen LogP contribution in [0.15, 0.2) is 36.8 Å². The molecule has 206 valence electrons. The van der Waals surface area contributed by atoms with Crippen molar-refractivity contribution in [3.05, 3.63) is 48.0 Å². The van der Waals surface area contributed by atoms with Gasteiger partial charge in [0.2, 0.25) is 11.8 Å². The zero-order valence-corrected chi connectivity index (χ0v) is 22.0. The molecule has 2 bridgehead atoms. The Morgan fingerprint density at radius 2 is 2.00 bits per heavy atom. The summed E-state index contributed by atoms with van der Waals surface area (Å²) in [4.78, 5) is 60.0. The minimum absolute atomic E-state index is 0.127. The monoisotopic (exact) mass is 528 g/mol. The Morgan fingerprint density at radius 3 is 2.74 bits per heavy atom. The van der Waals surface area contributed by atoms with Crippen molar-refractivity contribution in [2.45, 2.75) is 44.8 Å². The van der Waals surface area contributed by atoms with Crippen LogP contribution >= 0.6 is 0 Å². The van der Waals surface area contributed by atoms with Gasteiger partial charge in [-0.1, -0.05) is 6.07 Å². The van der Waals surface area contributed by atoms with Gasteiger partial charge in [-0.05, 0) is 44.9 Å². The summed E-state index contributed by atoms with van der Waals surface area (Å²) in [5, 5.41) is 8.42.